The number of carboxylic acids is 1. The van der Waals surface area contributed by atoms with Crippen molar-refractivity contribution in [1.82, 2.24) is 0 Å². The van der Waals surface area contributed by atoms with Crippen LogP contribution in [0.2, 0.25) is 0 Å². The minimum absolute atomic E-state index is 0.127. The SMILES string of the molecule is CC(C)(C)OC(=O)C1(N=N)CCC2(CCC(C(=O)O)CC2)CC1. The highest BCUT2D eigenvalue weighted by Crippen LogP contribution is 2.52. The van der Waals surface area contributed by atoms with Crippen LogP contribution in [-0.2, 0) is 14.3 Å². The van der Waals surface area contributed by atoms with E-state index in [2.05, 4.69) is 5.11 Å². The molecule has 130 valence electrons. The van der Waals surface area contributed by atoms with Gasteiger partial charge in [0.2, 0.25) is 0 Å². The number of carbonyl (C=O) groups is 2. The molecule has 6 heteroatoms. The molecule has 0 aromatic rings. The Balaban J connectivity index is 2.00. The van der Waals surface area contributed by atoms with Crippen molar-refractivity contribution < 1.29 is 19.4 Å². The second-order valence-electron chi connectivity index (χ2n) is 8.26. The Labute approximate surface area is 137 Å². The average Bonchev–Trinajstić information content (AvgIpc) is 2.47. The Morgan fingerprint density at radius 2 is 1.61 bits per heavy atom. The fourth-order valence-electron chi connectivity index (χ4n) is 3.91. The van der Waals surface area contributed by atoms with Gasteiger partial charge in [-0.2, -0.15) is 5.11 Å². The van der Waals surface area contributed by atoms with Crippen LogP contribution in [0, 0.1) is 16.9 Å². The molecule has 2 aliphatic carbocycles. The lowest BCUT2D eigenvalue weighted by Gasteiger charge is -2.46. The van der Waals surface area contributed by atoms with E-state index in [-0.39, 0.29) is 11.3 Å². The summed E-state index contributed by atoms with van der Waals surface area (Å²) < 4.78 is 5.47. The van der Waals surface area contributed by atoms with Crippen molar-refractivity contribution in [1.29, 1.82) is 5.53 Å². The molecule has 6 nitrogen and oxygen atoms in total. The van der Waals surface area contributed by atoms with Crippen LogP contribution >= 0.6 is 0 Å². The van der Waals surface area contributed by atoms with E-state index in [0.717, 1.165) is 25.7 Å². The summed E-state index contributed by atoms with van der Waals surface area (Å²) in [4.78, 5) is 23.6. The summed E-state index contributed by atoms with van der Waals surface area (Å²) in [5.74, 6) is -1.31. The van der Waals surface area contributed by atoms with Gasteiger partial charge in [0, 0.05) is 0 Å². The Morgan fingerprint density at radius 1 is 1.09 bits per heavy atom. The number of nitrogens with zero attached hydrogens (tertiary/aromatic N) is 1. The van der Waals surface area contributed by atoms with Crippen LogP contribution in [0.15, 0.2) is 5.11 Å². The zero-order valence-electron chi connectivity index (χ0n) is 14.4. The number of aliphatic carboxylic acids is 1. The minimum atomic E-state index is -1.04. The van der Waals surface area contributed by atoms with E-state index in [1.54, 1.807) is 0 Å². The molecular formula is C17H28N2O4. The maximum absolute atomic E-state index is 12.5. The summed E-state index contributed by atoms with van der Waals surface area (Å²) in [6, 6.07) is 0. The number of hydrogen-bond donors (Lipinski definition) is 2. The number of esters is 1. The highest BCUT2D eigenvalue weighted by atomic mass is 16.6. The van der Waals surface area contributed by atoms with Gasteiger partial charge in [0.25, 0.3) is 0 Å². The smallest absolute Gasteiger partial charge is 0.336 e. The van der Waals surface area contributed by atoms with Crippen molar-refractivity contribution in [2.45, 2.75) is 83.3 Å². The molecular weight excluding hydrogens is 296 g/mol. The van der Waals surface area contributed by atoms with E-state index in [1.807, 2.05) is 20.8 Å². The zero-order chi connectivity index (χ0) is 17.3. The van der Waals surface area contributed by atoms with E-state index in [1.165, 1.54) is 0 Å². The van der Waals surface area contributed by atoms with Gasteiger partial charge in [-0.1, -0.05) is 0 Å². The van der Waals surface area contributed by atoms with Crippen LogP contribution in [0.25, 0.3) is 0 Å². The molecule has 2 fully saturated rings. The lowest BCUT2D eigenvalue weighted by Crippen LogP contribution is -2.47. The van der Waals surface area contributed by atoms with Gasteiger partial charge in [0.05, 0.1) is 5.92 Å². The predicted molar refractivity (Wildman–Crippen MR) is 84.2 cm³/mol. The summed E-state index contributed by atoms with van der Waals surface area (Å²) in [5, 5.41) is 12.8. The molecule has 23 heavy (non-hydrogen) atoms. The molecule has 0 atom stereocenters. The fourth-order valence-corrected chi connectivity index (χ4v) is 3.91. The summed E-state index contributed by atoms with van der Waals surface area (Å²) in [7, 11) is 0. The Hall–Kier alpha value is -1.46. The Bertz CT molecular complexity index is 477. The number of nitrogens with one attached hydrogen (secondary N) is 1. The van der Waals surface area contributed by atoms with Crippen molar-refractivity contribution in [2.24, 2.45) is 16.4 Å². The zero-order valence-corrected chi connectivity index (χ0v) is 14.4. The number of ether oxygens (including phenoxy) is 1. The standard InChI is InChI=1S/C17H28N2O4/c1-15(2,3)23-14(22)17(19-18)10-8-16(9-11-17)6-4-12(5-7-16)13(20)21/h12,18H,4-11H2,1-3H3,(H,20,21). The van der Waals surface area contributed by atoms with Crippen molar-refractivity contribution in [2.75, 3.05) is 0 Å². The first kappa shape index (κ1) is 17.9. The molecule has 0 amide bonds. The van der Waals surface area contributed by atoms with Crippen molar-refractivity contribution in [3.8, 4) is 0 Å². The third kappa shape index (κ3) is 3.90. The molecule has 2 N–H and O–H groups in total. The second-order valence-corrected chi connectivity index (χ2v) is 8.26. The lowest BCUT2D eigenvalue weighted by molar-refractivity contribution is -0.164. The summed E-state index contributed by atoms with van der Waals surface area (Å²) in [5.41, 5.74) is 6.03. The molecule has 0 heterocycles. The first-order chi connectivity index (χ1) is 10.6. The van der Waals surface area contributed by atoms with Gasteiger partial charge in [-0.15, -0.1) is 0 Å². The third-order valence-corrected chi connectivity index (χ3v) is 5.53. The van der Waals surface area contributed by atoms with Crippen LogP contribution < -0.4 is 0 Å². The van der Waals surface area contributed by atoms with Crippen LogP contribution in [0.4, 0.5) is 0 Å². The van der Waals surface area contributed by atoms with Gasteiger partial charge >= 0.3 is 11.9 Å². The Kier molecular flexibility index (Phi) is 4.83. The first-order valence-corrected chi connectivity index (χ1v) is 8.46. The maximum atomic E-state index is 12.5. The molecule has 0 aliphatic heterocycles. The van der Waals surface area contributed by atoms with Crippen LogP contribution in [0.5, 0.6) is 0 Å². The summed E-state index contributed by atoms with van der Waals surface area (Å²) >= 11 is 0. The summed E-state index contributed by atoms with van der Waals surface area (Å²) in [6.45, 7) is 5.46. The van der Waals surface area contributed by atoms with Gasteiger partial charge in [-0.05, 0) is 77.6 Å². The minimum Gasteiger partial charge on any atom is -0.481 e. The monoisotopic (exact) mass is 324 g/mol. The van der Waals surface area contributed by atoms with E-state index >= 15 is 0 Å². The average molecular weight is 324 g/mol. The van der Waals surface area contributed by atoms with E-state index in [4.69, 9.17) is 15.4 Å². The molecule has 2 rings (SSSR count). The van der Waals surface area contributed by atoms with Gasteiger partial charge in [-0.25, -0.2) is 10.3 Å². The maximum Gasteiger partial charge on any atom is 0.336 e. The second kappa shape index (κ2) is 6.21. The summed E-state index contributed by atoms with van der Waals surface area (Å²) in [6.07, 6.45) is 5.92. The van der Waals surface area contributed by atoms with Crippen LogP contribution in [-0.4, -0.2) is 28.2 Å². The molecule has 0 aromatic heterocycles. The van der Waals surface area contributed by atoms with Crippen molar-refractivity contribution in [3.63, 3.8) is 0 Å². The van der Waals surface area contributed by atoms with Gasteiger partial charge in [0.1, 0.15) is 5.60 Å². The largest absolute Gasteiger partial charge is 0.481 e. The van der Waals surface area contributed by atoms with Gasteiger partial charge in [0.15, 0.2) is 5.54 Å². The van der Waals surface area contributed by atoms with E-state index < -0.39 is 23.1 Å². The number of hydrogen-bond acceptors (Lipinski definition) is 5. The molecule has 2 saturated carbocycles. The van der Waals surface area contributed by atoms with Crippen LogP contribution in [0.3, 0.4) is 0 Å². The molecule has 0 bridgehead atoms. The van der Waals surface area contributed by atoms with Crippen molar-refractivity contribution in [3.05, 3.63) is 0 Å². The molecule has 0 saturated heterocycles. The molecule has 2 aliphatic rings. The number of rotatable bonds is 3. The van der Waals surface area contributed by atoms with Crippen LogP contribution in [0.1, 0.15) is 72.1 Å². The third-order valence-electron chi connectivity index (χ3n) is 5.53. The quantitative estimate of drug-likeness (QED) is 0.606. The van der Waals surface area contributed by atoms with E-state index in [0.29, 0.717) is 25.7 Å². The molecule has 0 radical (unpaired) electrons. The highest BCUT2D eigenvalue weighted by Gasteiger charge is 2.50. The first-order valence-electron chi connectivity index (χ1n) is 8.46. The van der Waals surface area contributed by atoms with Crippen molar-refractivity contribution >= 4 is 11.9 Å². The fraction of sp³-hybridized carbons (Fsp3) is 0.882. The normalized spacial score (nSPS) is 34.8. The van der Waals surface area contributed by atoms with Gasteiger partial charge < -0.3 is 9.84 Å². The van der Waals surface area contributed by atoms with Gasteiger partial charge in [-0.3, -0.25) is 4.79 Å². The molecule has 0 aromatic carbocycles. The Morgan fingerprint density at radius 3 is 2.00 bits per heavy atom. The molecule has 0 unspecified atom stereocenters. The lowest BCUT2D eigenvalue weighted by atomic mass is 9.60. The highest BCUT2D eigenvalue weighted by molar-refractivity contribution is 5.81. The number of carbonyl (C=O) groups excluding carboxylic acids is 1. The topological polar surface area (TPSA) is 99.8 Å². The van der Waals surface area contributed by atoms with E-state index in [9.17, 15) is 9.59 Å². The molecule has 1 spiro atoms. The predicted octanol–water partition coefficient (Wildman–Crippen LogP) is 3.93. The number of carboxylic acid groups (broad SMARTS) is 1.